The van der Waals surface area contributed by atoms with Gasteiger partial charge in [0.2, 0.25) is 0 Å². The van der Waals surface area contributed by atoms with E-state index in [0.717, 1.165) is 63.7 Å². The predicted molar refractivity (Wildman–Crippen MR) is 131 cm³/mol. The Labute approximate surface area is 198 Å². The van der Waals surface area contributed by atoms with E-state index >= 15 is 0 Å². The number of hydrogen-bond donors (Lipinski definition) is 1. The second kappa shape index (κ2) is 8.18. The molecule has 2 aromatic heterocycles. The van der Waals surface area contributed by atoms with Crippen LogP contribution in [0.25, 0.3) is 21.9 Å². The highest BCUT2D eigenvalue weighted by atomic mass is 16.5. The van der Waals surface area contributed by atoms with Crippen LogP contribution in [0.3, 0.4) is 0 Å². The average Bonchev–Trinajstić information content (AvgIpc) is 3.29. The molecule has 0 radical (unpaired) electrons. The third-order valence-electron chi connectivity index (χ3n) is 8.18. The maximum absolute atomic E-state index is 11.9. The molecular formula is C27H30N5O2+. The first-order chi connectivity index (χ1) is 16.6. The van der Waals surface area contributed by atoms with Gasteiger partial charge in [-0.25, -0.2) is 0 Å². The first-order valence-corrected chi connectivity index (χ1v) is 12.0. The number of benzene rings is 2. The van der Waals surface area contributed by atoms with Gasteiger partial charge in [0.05, 0.1) is 31.2 Å². The van der Waals surface area contributed by atoms with Gasteiger partial charge in [0.25, 0.3) is 0 Å². The van der Waals surface area contributed by atoms with Crippen LogP contribution < -0.4 is 4.74 Å². The summed E-state index contributed by atoms with van der Waals surface area (Å²) < 4.78 is 8.26. The van der Waals surface area contributed by atoms with Crippen molar-refractivity contribution in [2.45, 2.75) is 31.7 Å². The van der Waals surface area contributed by atoms with Crippen molar-refractivity contribution in [3.63, 3.8) is 0 Å². The standard InChI is InChI=1S/C27H30N5O2/c1-3-18-16-32(17-31-25-7-5-4-6-24(25)29-30-31)13-11-19(18)14-26(32)27(33)21-10-12-28-23-9-8-20(34-2)15-22(21)23/h3-10,12,15,18-19,26-27,33H,1,11,13-14,16-17H2,2H3/q+1/t18?,19?,26-,27+,32?/m0/s1. The molecule has 2 bridgehead atoms. The molecule has 7 heteroatoms. The maximum Gasteiger partial charge on any atom is 0.177 e. The van der Waals surface area contributed by atoms with Gasteiger partial charge in [-0.2, -0.15) is 4.68 Å². The van der Waals surface area contributed by atoms with E-state index < -0.39 is 6.10 Å². The molecule has 5 atom stereocenters. The lowest BCUT2D eigenvalue weighted by Crippen LogP contribution is -2.68. The molecule has 0 saturated carbocycles. The third kappa shape index (κ3) is 3.30. The van der Waals surface area contributed by atoms with Crippen LogP contribution in [0.4, 0.5) is 0 Å². The highest BCUT2D eigenvalue weighted by Crippen LogP contribution is 2.47. The summed E-state index contributed by atoms with van der Waals surface area (Å²) in [4.78, 5) is 4.52. The van der Waals surface area contributed by atoms with E-state index in [-0.39, 0.29) is 6.04 Å². The predicted octanol–water partition coefficient (Wildman–Crippen LogP) is 4.09. The normalized spacial score (nSPS) is 27.2. The summed E-state index contributed by atoms with van der Waals surface area (Å²) in [6, 6.07) is 16.0. The summed E-state index contributed by atoms with van der Waals surface area (Å²) in [6.45, 7) is 6.79. The highest BCUT2D eigenvalue weighted by molar-refractivity contribution is 5.84. The van der Waals surface area contributed by atoms with Gasteiger partial charge in [-0.15, -0.1) is 11.7 Å². The van der Waals surface area contributed by atoms with E-state index in [0.29, 0.717) is 18.5 Å². The van der Waals surface area contributed by atoms with Crippen LogP contribution in [0.1, 0.15) is 24.5 Å². The quantitative estimate of drug-likeness (QED) is 0.349. The van der Waals surface area contributed by atoms with Crippen molar-refractivity contribution < 1.29 is 14.3 Å². The van der Waals surface area contributed by atoms with Crippen molar-refractivity contribution in [2.24, 2.45) is 11.8 Å². The largest absolute Gasteiger partial charge is 0.497 e. The summed E-state index contributed by atoms with van der Waals surface area (Å²) in [5.74, 6) is 1.76. The fourth-order valence-corrected chi connectivity index (χ4v) is 6.38. The second-order valence-electron chi connectivity index (χ2n) is 9.82. The fraction of sp³-hybridized carbons (Fsp3) is 0.370. The Morgan fingerprint density at radius 3 is 2.97 bits per heavy atom. The molecule has 0 amide bonds. The van der Waals surface area contributed by atoms with Gasteiger partial charge in [0.1, 0.15) is 23.4 Å². The van der Waals surface area contributed by atoms with E-state index in [1.54, 1.807) is 13.3 Å². The summed E-state index contributed by atoms with van der Waals surface area (Å²) in [5.41, 5.74) is 3.71. The molecule has 3 fully saturated rings. The molecule has 3 saturated heterocycles. The van der Waals surface area contributed by atoms with Crippen molar-refractivity contribution in [1.82, 2.24) is 20.0 Å². The molecule has 3 aliphatic heterocycles. The van der Waals surface area contributed by atoms with Crippen molar-refractivity contribution in [3.8, 4) is 5.75 Å². The molecule has 7 rings (SSSR count). The minimum Gasteiger partial charge on any atom is -0.497 e. The Balaban J connectivity index is 1.43. The van der Waals surface area contributed by atoms with Crippen LogP contribution in [-0.2, 0) is 6.67 Å². The molecule has 4 aromatic rings. The minimum atomic E-state index is -0.624. The lowest BCUT2D eigenvalue weighted by molar-refractivity contribution is -0.992. The molecule has 5 heterocycles. The van der Waals surface area contributed by atoms with Crippen LogP contribution in [0, 0.1) is 11.8 Å². The number of para-hydroxylation sites is 1. The van der Waals surface area contributed by atoms with E-state index in [9.17, 15) is 5.11 Å². The smallest absolute Gasteiger partial charge is 0.177 e. The van der Waals surface area contributed by atoms with Crippen molar-refractivity contribution in [1.29, 1.82) is 0 Å². The van der Waals surface area contributed by atoms with Crippen molar-refractivity contribution in [3.05, 3.63) is 72.9 Å². The fourth-order valence-electron chi connectivity index (χ4n) is 6.38. The number of nitrogens with zero attached hydrogens (tertiary/aromatic N) is 5. The third-order valence-corrected chi connectivity index (χ3v) is 8.18. The van der Waals surface area contributed by atoms with Crippen LogP contribution in [0.5, 0.6) is 5.75 Å². The first-order valence-electron chi connectivity index (χ1n) is 12.0. The zero-order valence-corrected chi connectivity index (χ0v) is 19.4. The van der Waals surface area contributed by atoms with Crippen molar-refractivity contribution in [2.75, 3.05) is 20.2 Å². The molecule has 174 valence electrons. The Bertz CT molecular complexity index is 1370. The number of aliphatic hydroxyl groups excluding tert-OH is 1. The number of hydrogen-bond acceptors (Lipinski definition) is 5. The van der Waals surface area contributed by atoms with Gasteiger partial charge in [-0.3, -0.25) is 9.47 Å². The number of fused-ring (bicyclic) bond motifs is 5. The van der Waals surface area contributed by atoms with Gasteiger partial charge in [0, 0.05) is 30.3 Å². The molecule has 34 heavy (non-hydrogen) atoms. The Kier molecular flexibility index (Phi) is 5.12. The Hall–Kier alpha value is -3.29. The zero-order chi connectivity index (χ0) is 23.3. The lowest BCUT2D eigenvalue weighted by Gasteiger charge is -2.57. The number of methoxy groups -OCH3 is 1. The molecule has 0 spiro atoms. The number of pyridine rings is 1. The Morgan fingerprint density at radius 2 is 2.12 bits per heavy atom. The lowest BCUT2D eigenvalue weighted by atomic mass is 9.71. The molecule has 3 unspecified atom stereocenters. The number of rotatable bonds is 6. The molecule has 3 aliphatic rings. The SMILES string of the molecule is C=CC1C[N+]2(Cn3nnc4ccccc43)CCC1C[C@H]2[C@H](O)c1ccnc2ccc(OC)cc12. The average molecular weight is 457 g/mol. The van der Waals surface area contributed by atoms with Gasteiger partial charge < -0.3 is 9.84 Å². The topological polar surface area (TPSA) is 73.1 Å². The number of quaternary nitrogens is 1. The summed E-state index contributed by atoms with van der Waals surface area (Å²) in [5, 5.41) is 21.8. The van der Waals surface area contributed by atoms with Crippen LogP contribution in [-0.4, -0.2) is 55.8 Å². The van der Waals surface area contributed by atoms with Crippen LogP contribution in [0.2, 0.25) is 0 Å². The monoisotopic (exact) mass is 456 g/mol. The van der Waals surface area contributed by atoms with Gasteiger partial charge in [0.15, 0.2) is 6.67 Å². The van der Waals surface area contributed by atoms with E-state index in [1.165, 1.54) is 0 Å². The zero-order valence-electron chi connectivity index (χ0n) is 19.4. The Morgan fingerprint density at radius 1 is 1.24 bits per heavy atom. The van der Waals surface area contributed by atoms with E-state index in [1.807, 2.05) is 47.1 Å². The van der Waals surface area contributed by atoms with Gasteiger partial charge in [-0.1, -0.05) is 23.4 Å². The summed E-state index contributed by atoms with van der Waals surface area (Å²) >= 11 is 0. The second-order valence-corrected chi connectivity index (χ2v) is 9.82. The van der Waals surface area contributed by atoms with Crippen LogP contribution in [0.15, 0.2) is 67.4 Å². The first kappa shape index (κ1) is 21.3. The molecule has 0 aliphatic carbocycles. The van der Waals surface area contributed by atoms with E-state index in [2.05, 4.69) is 34.0 Å². The summed E-state index contributed by atoms with van der Waals surface area (Å²) in [6.07, 6.45) is 5.38. The highest BCUT2D eigenvalue weighted by Gasteiger charge is 2.54. The molecule has 1 N–H and O–H groups in total. The number of ether oxygens (including phenoxy) is 1. The van der Waals surface area contributed by atoms with E-state index in [4.69, 9.17) is 4.74 Å². The van der Waals surface area contributed by atoms with Gasteiger partial charge in [-0.05, 0) is 47.9 Å². The van der Waals surface area contributed by atoms with Crippen LogP contribution >= 0.6 is 0 Å². The van der Waals surface area contributed by atoms with Gasteiger partial charge >= 0.3 is 0 Å². The molecule has 7 nitrogen and oxygen atoms in total. The minimum absolute atomic E-state index is 0.0507. The number of aromatic nitrogens is 4. The number of aliphatic hydroxyl groups is 1. The maximum atomic E-state index is 11.9. The molecule has 2 aromatic carbocycles. The summed E-state index contributed by atoms with van der Waals surface area (Å²) in [7, 11) is 1.66. The van der Waals surface area contributed by atoms with Crippen molar-refractivity contribution >= 4 is 21.9 Å². The number of piperidine rings is 3. The molecular weight excluding hydrogens is 426 g/mol.